The smallest absolute Gasteiger partial charge is 0.446 e. The Hall–Kier alpha value is -1.64. The maximum absolute atomic E-state index is 12.2. The van der Waals surface area contributed by atoms with Crippen molar-refractivity contribution in [2.24, 2.45) is 5.41 Å². The second kappa shape index (κ2) is 4.69. The van der Waals surface area contributed by atoms with Crippen LogP contribution in [-0.2, 0) is 0 Å². The normalized spacial score (nSPS) is 20.1. The molecule has 1 saturated carbocycles. The number of likely N-dealkylation sites (tertiary alicyclic amines) is 1. The molecule has 1 amide bonds. The molecule has 1 aromatic heterocycles. The van der Waals surface area contributed by atoms with Crippen LogP contribution in [0.5, 0.6) is 0 Å². The first-order chi connectivity index (χ1) is 9.75. The maximum atomic E-state index is 12.2. The highest BCUT2D eigenvalue weighted by molar-refractivity contribution is 8.00. The Kier molecular flexibility index (Phi) is 3.19. The quantitative estimate of drug-likeness (QED) is 0.851. The van der Waals surface area contributed by atoms with Gasteiger partial charge in [0.05, 0.1) is 11.1 Å². The van der Waals surface area contributed by atoms with Crippen molar-refractivity contribution in [3.8, 4) is 0 Å². The predicted octanol–water partition coefficient (Wildman–Crippen LogP) is 3.11. The third-order valence-electron chi connectivity index (χ3n) is 3.65. The molecule has 2 aliphatic rings. The predicted molar refractivity (Wildman–Crippen MR) is 69.7 cm³/mol. The Morgan fingerprint density at radius 1 is 1.43 bits per heavy atom. The van der Waals surface area contributed by atoms with Crippen LogP contribution < -0.4 is 0 Å². The van der Waals surface area contributed by atoms with E-state index in [0.717, 1.165) is 18.4 Å². The minimum atomic E-state index is -4.31. The summed E-state index contributed by atoms with van der Waals surface area (Å²) in [6, 6.07) is 0. The van der Waals surface area contributed by atoms with Crippen LogP contribution in [0, 0.1) is 5.41 Å². The Morgan fingerprint density at radius 3 is 2.67 bits per heavy atom. The van der Waals surface area contributed by atoms with Gasteiger partial charge in [-0.1, -0.05) is 5.57 Å². The number of halogens is 3. The number of amides is 1. The molecule has 0 radical (unpaired) electrons. The van der Waals surface area contributed by atoms with E-state index in [1.54, 1.807) is 6.20 Å². The van der Waals surface area contributed by atoms with Gasteiger partial charge in [0.15, 0.2) is 0 Å². The molecule has 1 saturated heterocycles. The number of allylic oxidation sites excluding steroid dienone is 1. The summed E-state index contributed by atoms with van der Waals surface area (Å²) in [6.07, 6.45) is 4.88. The summed E-state index contributed by atoms with van der Waals surface area (Å²) in [5.41, 5.74) is -3.19. The molecule has 5 nitrogen and oxygen atoms in total. The van der Waals surface area contributed by atoms with Crippen LogP contribution in [0.4, 0.5) is 18.0 Å². The number of carbonyl (C=O) groups is 1. The minimum absolute atomic E-state index is 0.0426. The van der Waals surface area contributed by atoms with Crippen LogP contribution >= 0.6 is 11.8 Å². The van der Waals surface area contributed by atoms with Gasteiger partial charge in [0.2, 0.25) is 0 Å². The lowest BCUT2D eigenvalue weighted by atomic mass is 9.61. The van der Waals surface area contributed by atoms with Crippen LogP contribution in [0.25, 0.3) is 6.20 Å². The van der Waals surface area contributed by atoms with E-state index in [0.29, 0.717) is 13.1 Å². The molecule has 0 aromatic carbocycles. The second-order valence-electron chi connectivity index (χ2n) is 5.48. The van der Waals surface area contributed by atoms with Crippen molar-refractivity contribution in [1.82, 2.24) is 14.7 Å². The summed E-state index contributed by atoms with van der Waals surface area (Å²) >= 11 is -0.191. The number of alkyl halides is 3. The van der Waals surface area contributed by atoms with E-state index < -0.39 is 11.6 Å². The summed E-state index contributed by atoms with van der Waals surface area (Å²) in [6.45, 7) is 1.07. The van der Waals surface area contributed by atoms with Gasteiger partial charge in [-0.25, -0.2) is 9.48 Å². The average molecular weight is 319 g/mol. The van der Waals surface area contributed by atoms with Gasteiger partial charge in [0, 0.05) is 30.9 Å². The second-order valence-corrected chi connectivity index (χ2v) is 6.62. The van der Waals surface area contributed by atoms with Gasteiger partial charge in [-0.3, -0.25) is 0 Å². The van der Waals surface area contributed by atoms with E-state index in [1.165, 1.54) is 22.0 Å². The van der Waals surface area contributed by atoms with Gasteiger partial charge in [-0.05, 0) is 24.6 Å². The van der Waals surface area contributed by atoms with E-state index in [9.17, 15) is 18.0 Å². The molecule has 1 aliphatic heterocycles. The number of rotatable bonds is 2. The van der Waals surface area contributed by atoms with Gasteiger partial charge in [0.1, 0.15) is 0 Å². The highest BCUT2D eigenvalue weighted by Crippen LogP contribution is 2.51. The molecule has 0 bridgehead atoms. The summed E-state index contributed by atoms with van der Waals surface area (Å²) in [4.78, 5) is 12.1. The van der Waals surface area contributed by atoms with Gasteiger partial charge < -0.3 is 10.0 Å². The van der Waals surface area contributed by atoms with Crippen molar-refractivity contribution in [3.05, 3.63) is 18.0 Å². The number of hydrogen-bond donors (Lipinski definition) is 1. The first-order valence-corrected chi connectivity index (χ1v) is 7.04. The average Bonchev–Trinajstić information content (AvgIpc) is 2.63. The topological polar surface area (TPSA) is 58.4 Å². The number of hydrogen-bond acceptors (Lipinski definition) is 3. The molecule has 9 heteroatoms. The van der Waals surface area contributed by atoms with E-state index in [2.05, 4.69) is 5.10 Å². The van der Waals surface area contributed by atoms with Crippen molar-refractivity contribution < 1.29 is 23.1 Å². The Bertz CT molecular complexity index is 595. The Morgan fingerprint density at radius 2 is 2.10 bits per heavy atom. The van der Waals surface area contributed by atoms with Gasteiger partial charge in [-0.2, -0.15) is 18.3 Å². The summed E-state index contributed by atoms with van der Waals surface area (Å²) in [7, 11) is 0. The lowest BCUT2D eigenvalue weighted by Gasteiger charge is -2.55. The molecule has 2 heterocycles. The van der Waals surface area contributed by atoms with Crippen molar-refractivity contribution in [1.29, 1.82) is 0 Å². The lowest BCUT2D eigenvalue weighted by molar-refractivity contribution is -0.0328. The van der Waals surface area contributed by atoms with Crippen molar-refractivity contribution in [2.45, 2.75) is 23.2 Å². The van der Waals surface area contributed by atoms with Crippen LogP contribution in [0.3, 0.4) is 0 Å². The Labute approximate surface area is 122 Å². The van der Waals surface area contributed by atoms with E-state index in [1.807, 2.05) is 0 Å². The zero-order chi connectivity index (χ0) is 15.3. The van der Waals surface area contributed by atoms with Crippen LogP contribution in [0.1, 0.15) is 12.8 Å². The van der Waals surface area contributed by atoms with E-state index >= 15 is 0 Å². The molecule has 1 N–H and O–H groups in total. The summed E-state index contributed by atoms with van der Waals surface area (Å²) in [5, 5.41) is 12.7. The van der Waals surface area contributed by atoms with Crippen LogP contribution in [0.15, 0.2) is 22.9 Å². The monoisotopic (exact) mass is 319 g/mol. The largest absolute Gasteiger partial charge is 0.465 e. The zero-order valence-electron chi connectivity index (χ0n) is 10.8. The molecule has 0 atom stereocenters. The highest BCUT2D eigenvalue weighted by Gasteiger charge is 2.51. The van der Waals surface area contributed by atoms with Crippen molar-refractivity contribution >= 4 is 24.1 Å². The fraction of sp³-hybridized carbons (Fsp3) is 0.500. The Balaban J connectivity index is 1.56. The zero-order valence-corrected chi connectivity index (χ0v) is 11.6. The third kappa shape index (κ3) is 3.02. The number of nitrogens with zero attached hydrogens (tertiary/aromatic N) is 3. The third-order valence-corrected chi connectivity index (χ3v) is 4.33. The summed E-state index contributed by atoms with van der Waals surface area (Å²) in [5.74, 6) is 0. The van der Waals surface area contributed by atoms with Crippen LogP contribution in [0.2, 0.25) is 0 Å². The van der Waals surface area contributed by atoms with E-state index in [-0.39, 0.29) is 22.1 Å². The molecule has 3 rings (SSSR count). The molecule has 21 heavy (non-hydrogen) atoms. The molecule has 1 aliphatic carbocycles. The first kappa shape index (κ1) is 14.3. The molecule has 114 valence electrons. The fourth-order valence-corrected chi connectivity index (χ4v) is 3.42. The SMILES string of the molecule is O=C(O)N1CC2(CC(=Cn3cc(SC(F)(F)F)cn3)C2)C1. The molecule has 1 aromatic rings. The number of aromatic nitrogens is 2. The van der Waals surface area contributed by atoms with Crippen molar-refractivity contribution in [3.63, 3.8) is 0 Å². The maximum Gasteiger partial charge on any atom is 0.446 e. The molecule has 1 spiro atoms. The highest BCUT2D eigenvalue weighted by atomic mass is 32.2. The molecular weight excluding hydrogens is 307 g/mol. The minimum Gasteiger partial charge on any atom is -0.465 e. The molecular formula is C12H12F3N3O2S. The summed E-state index contributed by atoms with van der Waals surface area (Å²) < 4.78 is 38.0. The van der Waals surface area contributed by atoms with Crippen molar-refractivity contribution in [2.75, 3.05) is 13.1 Å². The molecule has 2 fully saturated rings. The van der Waals surface area contributed by atoms with E-state index in [4.69, 9.17) is 5.11 Å². The standard InChI is InChI=1S/C12H12F3N3O2S/c13-12(14,15)21-9-3-16-18(5-9)4-8-1-11(2-8)6-17(7-11)10(19)20/h3-5H,1-2,6-7H2,(H,19,20). The number of thioether (sulfide) groups is 1. The fourth-order valence-electron chi connectivity index (χ4n) is 2.89. The van der Waals surface area contributed by atoms with Gasteiger partial charge in [0.25, 0.3) is 0 Å². The first-order valence-electron chi connectivity index (χ1n) is 6.22. The number of carboxylic acid groups (broad SMARTS) is 1. The molecule has 0 unspecified atom stereocenters. The van der Waals surface area contributed by atoms with Crippen LogP contribution in [-0.4, -0.2) is 44.5 Å². The lowest BCUT2D eigenvalue weighted by Crippen LogP contribution is -2.61. The van der Waals surface area contributed by atoms with Gasteiger partial charge >= 0.3 is 11.6 Å². The van der Waals surface area contributed by atoms with Gasteiger partial charge in [-0.15, -0.1) is 0 Å².